The Balaban J connectivity index is 1.62. The maximum atomic E-state index is 13.6. The molecule has 2 aromatic carbocycles. The molecular weight excluding hydrogens is 406 g/mol. The van der Waals surface area contributed by atoms with Crippen molar-refractivity contribution in [3.05, 3.63) is 80.3 Å². The third-order valence-electron chi connectivity index (χ3n) is 6.64. The second-order valence-corrected chi connectivity index (χ2v) is 8.86. The smallest absolute Gasteiger partial charge is 0.312 e. The highest BCUT2D eigenvalue weighted by Gasteiger charge is 2.40. The van der Waals surface area contributed by atoms with Crippen molar-refractivity contribution in [1.82, 2.24) is 4.57 Å². The first kappa shape index (κ1) is 19.0. The first-order valence-electron chi connectivity index (χ1n) is 10.9. The van der Waals surface area contributed by atoms with Crippen molar-refractivity contribution >= 4 is 22.7 Å². The number of ketones is 1. The minimum Gasteiger partial charge on any atom is -0.452 e. The maximum absolute atomic E-state index is 13.6. The molecule has 3 aliphatic rings. The average Bonchev–Trinajstić information content (AvgIpc) is 3.12. The molecule has 0 radical (unpaired) electrons. The number of esters is 1. The number of hydrogen-bond acceptors (Lipinski definition) is 5. The number of carbonyl (C=O) groups excluding carboxylic acids is 2. The topological polar surface area (TPSA) is 74.6 Å². The molecule has 0 N–H and O–H groups in total. The number of nitrogens with zero attached hydrogens (tertiary/aromatic N) is 1. The highest BCUT2D eigenvalue weighted by molar-refractivity contribution is 6.13. The first-order chi connectivity index (χ1) is 15.4. The highest BCUT2D eigenvalue weighted by Crippen LogP contribution is 2.48. The van der Waals surface area contributed by atoms with Crippen molar-refractivity contribution in [2.24, 2.45) is 0 Å². The van der Waals surface area contributed by atoms with E-state index in [0.717, 1.165) is 29.3 Å². The Morgan fingerprint density at radius 2 is 1.91 bits per heavy atom. The number of benzene rings is 2. The second-order valence-electron chi connectivity index (χ2n) is 8.86. The van der Waals surface area contributed by atoms with Crippen LogP contribution in [0.3, 0.4) is 0 Å². The molecule has 0 spiro atoms. The van der Waals surface area contributed by atoms with Crippen LogP contribution in [0.15, 0.2) is 52.5 Å². The van der Waals surface area contributed by atoms with Crippen molar-refractivity contribution in [3.63, 3.8) is 0 Å². The molecule has 6 nitrogen and oxygen atoms in total. The summed E-state index contributed by atoms with van der Waals surface area (Å²) < 4.78 is 13.3. The fourth-order valence-electron chi connectivity index (χ4n) is 5.22. The summed E-state index contributed by atoms with van der Waals surface area (Å²) in [6.45, 7) is 4.29. The molecule has 32 heavy (non-hydrogen) atoms. The summed E-state index contributed by atoms with van der Waals surface area (Å²) in [7, 11) is 0. The number of aromatic nitrogens is 1. The largest absolute Gasteiger partial charge is 0.452 e. The quantitative estimate of drug-likeness (QED) is 0.330. The lowest BCUT2D eigenvalue weighted by Crippen LogP contribution is -2.31. The molecule has 1 unspecified atom stereocenters. The van der Waals surface area contributed by atoms with Gasteiger partial charge in [0.2, 0.25) is 5.78 Å². The molecule has 4 heterocycles. The summed E-state index contributed by atoms with van der Waals surface area (Å²) >= 11 is 0. The number of pyridine rings is 1. The van der Waals surface area contributed by atoms with Gasteiger partial charge < -0.3 is 14.0 Å². The van der Waals surface area contributed by atoms with Crippen LogP contribution in [0.1, 0.15) is 59.7 Å². The lowest BCUT2D eigenvalue weighted by Gasteiger charge is -2.27. The molecule has 0 saturated carbocycles. The monoisotopic (exact) mass is 427 g/mol. The van der Waals surface area contributed by atoms with Gasteiger partial charge in [-0.25, -0.2) is 0 Å². The fraction of sp³-hybridized carbons (Fsp3) is 0.269. The van der Waals surface area contributed by atoms with Crippen molar-refractivity contribution in [1.29, 1.82) is 0 Å². The molecule has 3 aliphatic heterocycles. The summed E-state index contributed by atoms with van der Waals surface area (Å²) in [6.07, 6.45) is 1.87. The summed E-state index contributed by atoms with van der Waals surface area (Å²) in [4.78, 5) is 39.0. The van der Waals surface area contributed by atoms with E-state index in [0.29, 0.717) is 40.5 Å². The molecule has 0 saturated heterocycles. The number of fused-ring (bicyclic) bond motifs is 3. The van der Waals surface area contributed by atoms with Crippen LogP contribution < -0.4 is 15.0 Å². The number of para-hydroxylation sites is 1. The number of allylic oxidation sites excluding steroid dienone is 2. The standard InChI is InChI=1S/C26H21NO5/c1-13(2)24-23(29)16-8-9-19-21(25(16)32-24)17(12-20(28)31-19)18-11-15-6-3-5-14-7-4-10-27(22(14)15)26(18)30/h3,5-6,8-9,11,17H,4,7,10,12H2,1-2H3. The lowest BCUT2D eigenvalue weighted by molar-refractivity contribution is -0.135. The Kier molecular flexibility index (Phi) is 3.97. The predicted octanol–water partition coefficient (Wildman–Crippen LogP) is 4.26. The van der Waals surface area contributed by atoms with E-state index in [2.05, 4.69) is 6.07 Å². The minimum atomic E-state index is -0.545. The summed E-state index contributed by atoms with van der Waals surface area (Å²) in [6, 6.07) is 11.2. The number of carbonyl (C=O) groups is 2. The van der Waals surface area contributed by atoms with E-state index < -0.39 is 11.9 Å². The van der Waals surface area contributed by atoms with Crippen molar-refractivity contribution in [2.45, 2.75) is 45.6 Å². The van der Waals surface area contributed by atoms with Crippen molar-refractivity contribution in [3.8, 4) is 11.5 Å². The van der Waals surface area contributed by atoms with E-state index in [4.69, 9.17) is 9.47 Å². The average molecular weight is 427 g/mol. The van der Waals surface area contributed by atoms with E-state index in [1.165, 1.54) is 5.56 Å². The third kappa shape index (κ3) is 2.55. The normalized spacial score (nSPS) is 18.8. The lowest BCUT2D eigenvalue weighted by atomic mass is 9.84. The van der Waals surface area contributed by atoms with Gasteiger partial charge in [-0.05, 0) is 61.4 Å². The first-order valence-corrected chi connectivity index (χ1v) is 10.9. The Morgan fingerprint density at radius 3 is 2.72 bits per heavy atom. The summed E-state index contributed by atoms with van der Waals surface area (Å²) in [5, 5.41) is 0.979. The number of rotatable bonds is 1. The zero-order valence-electron chi connectivity index (χ0n) is 17.9. The number of ether oxygens (including phenoxy) is 2. The van der Waals surface area contributed by atoms with Gasteiger partial charge in [-0.15, -0.1) is 0 Å². The molecule has 1 aromatic heterocycles. The molecular formula is C26H21NO5. The summed E-state index contributed by atoms with van der Waals surface area (Å²) in [5.41, 5.74) is 4.39. The maximum Gasteiger partial charge on any atom is 0.312 e. The number of aryl methyl sites for hydroxylation is 2. The SMILES string of the molecule is CC(C)=C1Oc2c(ccc3c2C(c2cc4cccc5c4n(c2=O)CCC5)CC(=O)O3)C1=O. The van der Waals surface area contributed by atoms with Gasteiger partial charge in [0.15, 0.2) is 5.76 Å². The van der Waals surface area contributed by atoms with Crippen LogP contribution in [0.25, 0.3) is 10.9 Å². The molecule has 6 rings (SSSR count). The minimum absolute atomic E-state index is 0.0194. The zero-order valence-corrected chi connectivity index (χ0v) is 17.9. The molecule has 0 fully saturated rings. The Morgan fingerprint density at radius 1 is 1.06 bits per heavy atom. The zero-order chi connectivity index (χ0) is 22.1. The predicted molar refractivity (Wildman–Crippen MR) is 118 cm³/mol. The van der Waals surface area contributed by atoms with E-state index in [1.54, 1.807) is 12.1 Å². The van der Waals surface area contributed by atoms with Crippen LogP contribution in [0.5, 0.6) is 11.5 Å². The Labute approximate surface area is 184 Å². The van der Waals surface area contributed by atoms with E-state index in [-0.39, 0.29) is 17.8 Å². The van der Waals surface area contributed by atoms with E-state index >= 15 is 0 Å². The third-order valence-corrected chi connectivity index (χ3v) is 6.64. The van der Waals surface area contributed by atoms with Gasteiger partial charge >= 0.3 is 5.97 Å². The second kappa shape index (κ2) is 6.66. The van der Waals surface area contributed by atoms with Crippen LogP contribution in [0.2, 0.25) is 0 Å². The number of hydrogen-bond donors (Lipinski definition) is 0. The van der Waals surface area contributed by atoms with Gasteiger partial charge in [-0.2, -0.15) is 0 Å². The summed E-state index contributed by atoms with van der Waals surface area (Å²) in [5.74, 6) is -0.0990. The molecule has 0 bridgehead atoms. The molecule has 3 aromatic rings. The van der Waals surface area contributed by atoms with Crippen LogP contribution in [0, 0.1) is 0 Å². The molecule has 1 atom stereocenters. The van der Waals surface area contributed by atoms with Crippen molar-refractivity contribution < 1.29 is 19.1 Å². The molecule has 6 heteroatoms. The van der Waals surface area contributed by atoms with Crippen molar-refractivity contribution in [2.75, 3.05) is 0 Å². The number of Topliss-reactive ketones (excluding diaryl/α,β-unsaturated/α-hetero) is 1. The van der Waals surface area contributed by atoms with Crippen LogP contribution in [-0.2, 0) is 17.8 Å². The van der Waals surface area contributed by atoms with Gasteiger partial charge in [0.05, 0.1) is 17.5 Å². The van der Waals surface area contributed by atoms with Gasteiger partial charge in [-0.1, -0.05) is 18.2 Å². The van der Waals surface area contributed by atoms with Crippen LogP contribution >= 0.6 is 0 Å². The van der Waals surface area contributed by atoms with Gasteiger partial charge in [0.1, 0.15) is 11.5 Å². The van der Waals surface area contributed by atoms with E-state index in [1.807, 2.05) is 36.6 Å². The highest BCUT2D eigenvalue weighted by atomic mass is 16.5. The Hall–Kier alpha value is -3.67. The van der Waals surface area contributed by atoms with Gasteiger partial charge in [-0.3, -0.25) is 14.4 Å². The molecule has 0 amide bonds. The van der Waals surface area contributed by atoms with E-state index in [9.17, 15) is 14.4 Å². The molecule has 0 aliphatic carbocycles. The van der Waals surface area contributed by atoms with Crippen LogP contribution in [0.4, 0.5) is 0 Å². The van der Waals surface area contributed by atoms with Gasteiger partial charge in [0, 0.05) is 23.6 Å². The molecule has 160 valence electrons. The van der Waals surface area contributed by atoms with Gasteiger partial charge in [0.25, 0.3) is 5.56 Å². The van der Waals surface area contributed by atoms with Crippen LogP contribution in [-0.4, -0.2) is 16.3 Å². The Bertz CT molecular complexity index is 1460. The fourth-order valence-corrected chi connectivity index (χ4v) is 5.22.